The number of fused-ring (bicyclic) bond motifs is 3. The highest BCUT2D eigenvalue weighted by Gasteiger charge is 2.33. The predicted molar refractivity (Wildman–Crippen MR) is 125 cm³/mol. The van der Waals surface area contributed by atoms with Crippen LogP contribution in [0.15, 0.2) is 62.6 Å². The maximum atomic E-state index is 13.4. The van der Waals surface area contributed by atoms with Gasteiger partial charge < -0.3 is 9.30 Å². The summed E-state index contributed by atoms with van der Waals surface area (Å²) in [5.41, 5.74) is 4.74. The van der Waals surface area contributed by atoms with E-state index in [0.717, 1.165) is 32.6 Å². The highest BCUT2D eigenvalue weighted by Crippen LogP contribution is 2.40. The van der Waals surface area contributed by atoms with Crippen molar-refractivity contribution < 1.29 is 4.74 Å². The Morgan fingerprint density at radius 3 is 2.48 bits per heavy atom. The second-order valence-corrected chi connectivity index (χ2v) is 8.90. The first-order valence-corrected chi connectivity index (χ1v) is 10.9. The van der Waals surface area contributed by atoms with Gasteiger partial charge in [-0.2, -0.15) is 0 Å². The summed E-state index contributed by atoms with van der Waals surface area (Å²) in [6, 6.07) is 16.1. The number of aryl methyl sites for hydroxylation is 2. The summed E-state index contributed by atoms with van der Waals surface area (Å²) in [5.74, 6) is 0. The Kier molecular flexibility index (Phi) is 4.75. The Morgan fingerprint density at radius 1 is 1.03 bits per heavy atom. The predicted octanol–water partition coefficient (Wildman–Crippen LogP) is 3.90. The third-order valence-electron chi connectivity index (χ3n) is 6.02. The summed E-state index contributed by atoms with van der Waals surface area (Å²) >= 11 is 3.49. The van der Waals surface area contributed by atoms with Crippen molar-refractivity contribution in [1.82, 2.24) is 13.7 Å². The molecule has 1 aliphatic rings. The molecule has 1 atom stereocenters. The van der Waals surface area contributed by atoms with Gasteiger partial charge in [0, 0.05) is 25.1 Å². The van der Waals surface area contributed by atoms with Crippen LogP contribution < -0.4 is 11.2 Å². The summed E-state index contributed by atoms with van der Waals surface area (Å²) in [6.07, 6.45) is -0.374. The van der Waals surface area contributed by atoms with E-state index in [-0.39, 0.29) is 17.4 Å². The highest BCUT2D eigenvalue weighted by atomic mass is 79.9. The van der Waals surface area contributed by atoms with Crippen molar-refractivity contribution in [1.29, 1.82) is 0 Å². The number of halogens is 1. The van der Waals surface area contributed by atoms with E-state index in [1.807, 2.05) is 49.4 Å². The molecular formula is C24H22BrN3O3. The minimum atomic E-state index is -0.374. The van der Waals surface area contributed by atoms with Crippen LogP contribution in [0.2, 0.25) is 0 Å². The summed E-state index contributed by atoms with van der Waals surface area (Å²) in [5, 5.41) is 0.554. The standard InChI is InChI=1S/C24H22BrN3O3/c1-14-5-4-6-16(13-14)19-18-20(26(2)24(30)27(3)23(18)29)21-22(31-12-11-28(19)21)15-7-9-17(25)10-8-15/h4-10,13,22H,11-12H2,1-3H3. The Balaban J connectivity index is 1.94. The molecule has 0 amide bonds. The molecule has 0 radical (unpaired) electrons. The van der Waals surface area contributed by atoms with Crippen molar-refractivity contribution in [2.75, 3.05) is 6.61 Å². The number of ether oxygens (including phenoxy) is 1. The number of hydrogen-bond acceptors (Lipinski definition) is 3. The Morgan fingerprint density at radius 2 is 1.77 bits per heavy atom. The smallest absolute Gasteiger partial charge is 0.331 e. The monoisotopic (exact) mass is 479 g/mol. The van der Waals surface area contributed by atoms with E-state index < -0.39 is 0 Å². The number of rotatable bonds is 2. The first-order valence-electron chi connectivity index (χ1n) is 10.1. The summed E-state index contributed by atoms with van der Waals surface area (Å²) < 4.78 is 12.1. The van der Waals surface area contributed by atoms with E-state index in [0.29, 0.717) is 24.1 Å². The molecular weight excluding hydrogens is 458 g/mol. The molecule has 2 aromatic heterocycles. The van der Waals surface area contributed by atoms with Crippen LogP contribution in [0.1, 0.15) is 22.9 Å². The second-order valence-electron chi connectivity index (χ2n) is 7.99. The van der Waals surface area contributed by atoms with Crippen LogP contribution in [0, 0.1) is 6.92 Å². The quantitative estimate of drug-likeness (QED) is 0.438. The summed E-state index contributed by atoms with van der Waals surface area (Å²) in [7, 11) is 3.25. The van der Waals surface area contributed by atoms with E-state index in [9.17, 15) is 9.59 Å². The molecule has 2 aromatic carbocycles. The van der Waals surface area contributed by atoms with Crippen LogP contribution in [0.3, 0.4) is 0 Å². The van der Waals surface area contributed by atoms with Crippen molar-refractivity contribution >= 4 is 26.8 Å². The molecule has 0 N–H and O–H groups in total. The molecule has 7 heteroatoms. The van der Waals surface area contributed by atoms with Gasteiger partial charge in [0.2, 0.25) is 0 Å². The average molecular weight is 480 g/mol. The SMILES string of the molecule is Cc1cccc(-c2c3c(=O)n(C)c(=O)n(C)c3c3n2CCOC3c2ccc(Br)cc2)c1. The molecule has 0 fully saturated rings. The maximum Gasteiger partial charge on any atom is 0.331 e. The lowest BCUT2D eigenvalue weighted by atomic mass is 10.0. The second kappa shape index (κ2) is 7.35. The normalized spacial score (nSPS) is 15.9. The largest absolute Gasteiger partial charge is 0.365 e. The minimum Gasteiger partial charge on any atom is -0.365 e. The maximum absolute atomic E-state index is 13.4. The molecule has 0 bridgehead atoms. The zero-order valence-electron chi connectivity index (χ0n) is 17.6. The van der Waals surface area contributed by atoms with Crippen LogP contribution >= 0.6 is 15.9 Å². The number of hydrogen-bond donors (Lipinski definition) is 0. The topological polar surface area (TPSA) is 58.2 Å². The fourth-order valence-corrected chi connectivity index (χ4v) is 4.83. The third kappa shape index (κ3) is 3.03. The van der Waals surface area contributed by atoms with E-state index >= 15 is 0 Å². The summed E-state index contributed by atoms with van der Waals surface area (Å²) in [4.78, 5) is 26.2. The molecule has 0 saturated heterocycles. The van der Waals surface area contributed by atoms with Crippen molar-refractivity contribution in [2.24, 2.45) is 14.1 Å². The van der Waals surface area contributed by atoms with Gasteiger partial charge in [0.1, 0.15) is 6.10 Å². The van der Waals surface area contributed by atoms with Crippen molar-refractivity contribution in [3.63, 3.8) is 0 Å². The molecule has 1 aliphatic heterocycles. The summed E-state index contributed by atoms with van der Waals surface area (Å²) in [6.45, 7) is 3.16. The first-order chi connectivity index (χ1) is 14.9. The molecule has 0 aliphatic carbocycles. The molecule has 158 valence electrons. The van der Waals surface area contributed by atoms with Gasteiger partial charge in [-0.15, -0.1) is 0 Å². The molecule has 4 aromatic rings. The van der Waals surface area contributed by atoms with E-state index in [1.165, 1.54) is 11.6 Å². The van der Waals surface area contributed by atoms with Gasteiger partial charge in [-0.25, -0.2) is 4.79 Å². The molecule has 0 saturated carbocycles. The van der Waals surface area contributed by atoms with Gasteiger partial charge in [-0.1, -0.05) is 51.8 Å². The lowest BCUT2D eigenvalue weighted by Gasteiger charge is -2.27. The average Bonchev–Trinajstić information content (AvgIpc) is 3.12. The first kappa shape index (κ1) is 20.0. The minimum absolute atomic E-state index is 0.286. The van der Waals surface area contributed by atoms with Gasteiger partial charge >= 0.3 is 5.69 Å². The van der Waals surface area contributed by atoms with Gasteiger partial charge in [0.25, 0.3) is 5.56 Å². The fraction of sp³-hybridized carbons (Fsp3) is 0.250. The molecule has 0 spiro atoms. The number of aromatic nitrogens is 3. The van der Waals surface area contributed by atoms with Gasteiger partial charge in [0.15, 0.2) is 0 Å². The van der Waals surface area contributed by atoms with Crippen LogP contribution in [0.5, 0.6) is 0 Å². The van der Waals surface area contributed by atoms with Crippen LogP contribution in [0.25, 0.3) is 22.2 Å². The molecule has 5 rings (SSSR count). The third-order valence-corrected chi connectivity index (χ3v) is 6.55. The van der Waals surface area contributed by atoms with Crippen molar-refractivity contribution in [3.8, 4) is 11.3 Å². The van der Waals surface area contributed by atoms with Crippen LogP contribution in [-0.4, -0.2) is 20.3 Å². The fourth-order valence-electron chi connectivity index (χ4n) is 4.56. The van der Waals surface area contributed by atoms with Gasteiger partial charge in [-0.05, 0) is 36.2 Å². The van der Waals surface area contributed by atoms with Crippen molar-refractivity contribution in [3.05, 3.63) is 90.7 Å². The molecule has 3 heterocycles. The van der Waals surface area contributed by atoms with E-state index in [4.69, 9.17) is 4.74 Å². The molecule has 31 heavy (non-hydrogen) atoms. The molecule has 6 nitrogen and oxygen atoms in total. The van der Waals surface area contributed by atoms with Crippen molar-refractivity contribution in [2.45, 2.75) is 19.6 Å². The molecule has 1 unspecified atom stereocenters. The number of benzene rings is 2. The van der Waals surface area contributed by atoms with Gasteiger partial charge in [0.05, 0.1) is 28.9 Å². The Bertz CT molecular complexity index is 1440. The van der Waals surface area contributed by atoms with Gasteiger partial charge in [-0.3, -0.25) is 13.9 Å². The lowest BCUT2D eigenvalue weighted by Crippen LogP contribution is -2.37. The Hall–Kier alpha value is -2.90. The zero-order chi connectivity index (χ0) is 21.9. The van der Waals surface area contributed by atoms with Crippen LogP contribution in [0.4, 0.5) is 0 Å². The zero-order valence-corrected chi connectivity index (χ0v) is 19.1. The number of nitrogens with zero attached hydrogens (tertiary/aromatic N) is 3. The highest BCUT2D eigenvalue weighted by molar-refractivity contribution is 9.10. The lowest BCUT2D eigenvalue weighted by molar-refractivity contribution is 0.0478. The van der Waals surface area contributed by atoms with E-state index in [2.05, 4.69) is 26.6 Å². The van der Waals surface area contributed by atoms with Crippen LogP contribution in [-0.2, 0) is 25.4 Å². The van der Waals surface area contributed by atoms with E-state index in [1.54, 1.807) is 11.6 Å². The Labute approximate surface area is 187 Å².